The summed E-state index contributed by atoms with van der Waals surface area (Å²) < 4.78 is 5.11. The Morgan fingerprint density at radius 1 is 1.28 bits per heavy atom. The highest BCUT2D eigenvalue weighted by atomic mass is 16.5. The highest BCUT2D eigenvalue weighted by molar-refractivity contribution is 5.81. The number of carbonyl (C=O) groups excluding carboxylic acids is 1. The Bertz CT molecular complexity index is 267. The van der Waals surface area contributed by atoms with E-state index in [1.165, 1.54) is 25.9 Å². The number of hydrogen-bond acceptors (Lipinski definition) is 4. The molecule has 0 spiro atoms. The summed E-state index contributed by atoms with van der Waals surface area (Å²) in [5.41, 5.74) is 5.54. The Labute approximate surface area is 109 Å². The number of nitrogens with zero attached hydrogens (tertiary/aromatic N) is 2. The molecule has 1 amide bonds. The van der Waals surface area contributed by atoms with Gasteiger partial charge < -0.3 is 20.3 Å². The molecule has 0 radical (unpaired) electrons. The van der Waals surface area contributed by atoms with Crippen LogP contribution in [0.5, 0.6) is 0 Å². The molecule has 2 fully saturated rings. The predicted molar refractivity (Wildman–Crippen MR) is 70.3 cm³/mol. The SMILES string of the molecule is COC(CN)C(=O)N1CCC(N2CCCC2)CC1. The molecule has 2 rings (SSSR count). The van der Waals surface area contributed by atoms with Crippen LogP contribution in [0.4, 0.5) is 0 Å². The first-order valence-corrected chi connectivity index (χ1v) is 7.02. The van der Waals surface area contributed by atoms with E-state index in [1.54, 1.807) is 7.11 Å². The number of nitrogens with two attached hydrogens (primary N) is 1. The Balaban J connectivity index is 1.80. The topological polar surface area (TPSA) is 58.8 Å². The van der Waals surface area contributed by atoms with Crippen LogP contribution in [0, 0.1) is 0 Å². The first-order chi connectivity index (χ1) is 8.76. The van der Waals surface area contributed by atoms with Gasteiger partial charge in [-0.3, -0.25) is 4.79 Å². The monoisotopic (exact) mass is 255 g/mol. The fourth-order valence-electron chi connectivity index (χ4n) is 3.06. The number of hydrogen-bond donors (Lipinski definition) is 1. The lowest BCUT2D eigenvalue weighted by molar-refractivity contribution is -0.142. The van der Waals surface area contributed by atoms with Crippen molar-refractivity contribution in [1.29, 1.82) is 0 Å². The number of piperidine rings is 1. The standard InChI is InChI=1S/C13H25N3O2/c1-18-12(10-14)13(17)16-8-4-11(5-9-16)15-6-2-3-7-15/h11-12H,2-10,14H2,1H3. The molecule has 2 heterocycles. The molecule has 0 aromatic carbocycles. The fourth-order valence-corrected chi connectivity index (χ4v) is 3.06. The first kappa shape index (κ1) is 13.8. The largest absolute Gasteiger partial charge is 0.370 e. The number of carbonyl (C=O) groups is 1. The number of methoxy groups -OCH3 is 1. The van der Waals surface area contributed by atoms with Crippen LogP contribution < -0.4 is 5.73 Å². The van der Waals surface area contributed by atoms with E-state index in [2.05, 4.69) is 4.90 Å². The molecule has 18 heavy (non-hydrogen) atoms. The van der Waals surface area contributed by atoms with Gasteiger partial charge in [0.05, 0.1) is 0 Å². The van der Waals surface area contributed by atoms with E-state index in [-0.39, 0.29) is 12.5 Å². The van der Waals surface area contributed by atoms with E-state index in [1.807, 2.05) is 4.90 Å². The molecule has 2 aliphatic rings. The summed E-state index contributed by atoms with van der Waals surface area (Å²) in [4.78, 5) is 16.6. The zero-order valence-electron chi connectivity index (χ0n) is 11.3. The van der Waals surface area contributed by atoms with Crippen molar-refractivity contribution in [2.24, 2.45) is 5.73 Å². The van der Waals surface area contributed by atoms with Crippen molar-refractivity contribution in [2.75, 3.05) is 39.8 Å². The van der Waals surface area contributed by atoms with Crippen molar-refractivity contribution >= 4 is 5.91 Å². The summed E-state index contributed by atoms with van der Waals surface area (Å²) in [7, 11) is 1.55. The molecule has 0 saturated carbocycles. The maximum Gasteiger partial charge on any atom is 0.253 e. The summed E-state index contributed by atoms with van der Waals surface area (Å²) in [5.74, 6) is 0.0554. The summed E-state index contributed by atoms with van der Waals surface area (Å²) in [6.45, 7) is 4.44. The molecule has 104 valence electrons. The highest BCUT2D eigenvalue weighted by Crippen LogP contribution is 2.21. The van der Waals surface area contributed by atoms with Gasteiger partial charge in [0, 0.05) is 32.8 Å². The fraction of sp³-hybridized carbons (Fsp3) is 0.923. The van der Waals surface area contributed by atoms with Gasteiger partial charge in [0.2, 0.25) is 0 Å². The minimum Gasteiger partial charge on any atom is -0.370 e. The second-order valence-electron chi connectivity index (χ2n) is 5.26. The Morgan fingerprint density at radius 3 is 2.39 bits per heavy atom. The number of amides is 1. The van der Waals surface area contributed by atoms with E-state index in [4.69, 9.17) is 10.5 Å². The van der Waals surface area contributed by atoms with E-state index in [0.29, 0.717) is 6.04 Å². The second-order valence-corrected chi connectivity index (χ2v) is 5.26. The second kappa shape index (κ2) is 6.50. The lowest BCUT2D eigenvalue weighted by Crippen LogP contribution is -2.50. The average Bonchev–Trinajstić information content (AvgIpc) is 2.94. The van der Waals surface area contributed by atoms with Crippen LogP contribution in [-0.4, -0.2) is 67.7 Å². The molecular formula is C13H25N3O2. The van der Waals surface area contributed by atoms with Crippen LogP contribution in [0.15, 0.2) is 0 Å². The van der Waals surface area contributed by atoms with Crippen LogP contribution in [0.2, 0.25) is 0 Å². The van der Waals surface area contributed by atoms with Crippen molar-refractivity contribution in [3.8, 4) is 0 Å². The van der Waals surface area contributed by atoms with Crippen molar-refractivity contribution in [1.82, 2.24) is 9.80 Å². The summed E-state index contributed by atoms with van der Waals surface area (Å²) in [5, 5.41) is 0. The Kier molecular flexibility index (Phi) is 4.97. The molecule has 0 aliphatic carbocycles. The highest BCUT2D eigenvalue weighted by Gasteiger charge is 2.30. The van der Waals surface area contributed by atoms with Crippen LogP contribution in [0.3, 0.4) is 0 Å². The minimum absolute atomic E-state index is 0.0554. The molecule has 1 atom stereocenters. The molecule has 5 heteroatoms. The maximum atomic E-state index is 12.1. The van der Waals surface area contributed by atoms with Gasteiger partial charge in [-0.05, 0) is 38.8 Å². The normalized spacial score (nSPS) is 24.4. The molecule has 2 N–H and O–H groups in total. The van der Waals surface area contributed by atoms with Crippen molar-refractivity contribution in [2.45, 2.75) is 37.8 Å². The third kappa shape index (κ3) is 3.02. The zero-order chi connectivity index (χ0) is 13.0. The lowest BCUT2D eigenvalue weighted by Gasteiger charge is -2.37. The Hall–Kier alpha value is -0.650. The van der Waals surface area contributed by atoms with E-state index in [0.717, 1.165) is 25.9 Å². The average molecular weight is 255 g/mol. The summed E-state index contributed by atoms with van der Waals surface area (Å²) >= 11 is 0. The molecular weight excluding hydrogens is 230 g/mol. The maximum absolute atomic E-state index is 12.1. The van der Waals surface area contributed by atoms with Gasteiger partial charge >= 0.3 is 0 Å². The summed E-state index contributed by atoms with van der Waals surface area (Å²) in [6.07, 6.45) is 4.38. The number of likely N-dealkylation sites (tertiary alicyclic amines) is 2. The lowest BCUT2D eigenvalue weighted by atomic mass is 10.0. The van der Waals surface area contributed by atoms with Crippen LogP contribution >= 0.6 is 0 Å². The van der Waals surface area contributed by atoms with Gasteiger partial charge in [-0.15, -0.1) is 0 Å². The van der Waals surface area contributed by atoms with Gasteiger partial charge in [-0.25, -0.2) is 0 Å². The van der Waals surface area contributed by atoms with Gasteiger partial charge in [-0.1, -0.05) is 0 Å². The van der Waals surface area contributed by atoms with Crippen LogP contribution in [0.1, 0.15) is 25.7 Å². The molecule has 0 bridgehead atoms. The first-order valence-electron chi connectivity index (χ1n) is 7.02. The van der Waals surface area contributed by atoms with E-state index >= 15 is 0 Å². The summed E-state index contributed by atoms with van der Waals surface area (Å²) in [6, 6.07) is 0.676. The molecule has 1 unspecified atom stereocenters. The quantitative estimate of drug-likeness (QED) is 0.771. The van der Waals surface area contributed by atoms with Crippen molar-refractivity contribution < 1.29 is 9.53 Å². The molecule has 2 saturated heterocycles. The van der Waals surface area contributed by atoms with Crippen LogP contribution in [0.25, 0.3) is 0 Å². The van der Waals surface area contributed by atoms with Crippen molar-refractivity contribution in [3.63, 3.8) is 0 Å². The number of ether oxygens (including phenoxy) is 1. The molecule has 0 aromatic rings. The Morgan fingerprint density at radius 2 is 1.89 bits per heavy atom. The molecule has 2 aliphatic heterocycles. The van der Waals surface area contributed by atoms with Gasteiger partial charge in [0.1, 0.15) is 6.10 Å². The predicted octanol–water partition coefficient (Wildman–Crippen LogP) is 0.0469. The molecule has 5 nitrogen and oxygen atoms in total. The van der Waals surface area contributed by atoms with Gasteiger partial charge in [0.15, 0.2) is 0 Å². The zero-order valence-corrected chi connectivity index (χ0v) is 11.3. The van der Waals surface area contributed by atoms with Gasteiger partial charge in [-0.2, -0.15) is 0 Å². The van der Waals surface area contributed by atoms with E-state index in [9.17, 15) is 4.79 Å². The smallest absolute Gasteiger partial charge is 0.253 e. The number of rotatable bonds is 4. The van der Waals surface area contributed by atoms with E-state index < -0.39 is 6.10 Å². The third-order valence-corrected chi connectivity index (χ3v) is 4.21. The van der Waals surface area contributed by atoms with Crippen molar-refractivity contribution in [3.05, 3.63) is 0 Å². The molecule has 0 aromatic heterocycles. The van der Waals surface area contributed by atoms with Gasteiger partial charge in [0.25, 0.3) is 5.91 Å². The van der Waals surface area contributed by atoms with Crippen LogP contribution in [-0.2, 0) is 9.53 Å². The third-order valence-electron chi connectivity index (χ3n) is 4.21. The minimum atomic E-state index is -0.465.